The molecule has 27 heavy (non-hydrogen) atoms. The predicted molar refractivity (Wildman–Crippen MR) is 112 cm³/mol. The fourth-order valence-electron chi connectivity index (χ4n) is 2.56. The van der Waals surface area contributed by atoms with E-state index < -0.39 is 9.70 Å². The summed E-state index contributed by atoms with van der Waals surface area (Å²) in [6.45, 7) is 4.31. The molecule has 1 atom stereocenters. The highest BCUT2D eigenvalue weighted by Crippen LogP contribution is 2.34. The van der Waals surface area contributed by atoms with E-state index in [1.807, 2.05) is 18.2 Å². The van der Waals surface area contributed by atoms with Crippen molar-refractivity contribution in [3.63, 3.8) is 0 Å². The summed E-state index contributed by atoms with van der Waals surface area (Å²) in [5, 5.41) is 2.79. The topological polar surface area (TPSA) is 55.1 Å². The summed E-state index contributed by atoms with van der Waals surface area (Å²) in [4.78, 5) is 16.5. The fraction of sp³-hybridized carbons (Fsp3) is 0.263. The van der Waals surface area contributed by atoms with Crippen LogP contribution in [0.15, 0.2) is 40.8 Å². The molecule has 0 aliphatic carbocycles. The van der Waals surface area contributed by atoms with Gasteiger partial charge in [0.05, 0.1) is 10.7 Å². The number of oxazole rings is 1. The molecule has 0 aliphatic heterocycles. The average molecular weight is 446 g/mol. The van der Waals surface area contributed by atoms with Crippen LogP contribution in [0.3, 0.4) is 0 Å². The average Bonchev–Trinajstić information content (AvgIpc) is 3.05. The zero-order valence-electron chi connectivity index (χ0n) is 14.5. The van der Waals surface area contributed by atoms with E-state index in [2.05, 4.69) is 24.1 Å². The molecule has 0 saturated heterocycles. The van der Waals surface area contributed by atoms with Crippen molar-refractivity contribution < 1.29 is 9.21 Å². The number of benzene rings is 2. The lowest BCUT2D eigenvalue weighted by molar-refractivity contribution is -0.115. The Morgan fingerprint density at radius 3 is 2.63 bits per heavy atom. The third kappa shape index (κ3) is 4.52. The Labute approximate surface area is 176 Å². The van der Waals surface area contributed by atoms with Gasteiger partial charge in [0.25, 0.3) is 9.70 Å². The van der Waals surface area contributed by atoms with Crippen LogP contribution in [0.25, 0.3) is 22.6 Å². The van der Waals surface area contributed by atoms with Crippen LogP contribution in [0.5, 0.6) is 0 Å². The minimum atomic E-state index is -2.09. The maximum Gasteiger partial charge on any atom is 0.276 e. The normalized spacial score (nSPS) is 13.0. The van der Waals surface area contributed by atoms with Gasteiger partial charge in [0.15, 0.2) is 5.58 Å². The maximum absolute atomic E-state index is 11.9. The van der Waals surface area contributed by atoms with Gasteiger partial charge in [-0.3, -0.25) is 4.79 Å². The van der Waals surface area contributed by atoms with E-state index in [0.29, 0.717) is 33.7 Å². The van der Waals surface area contributed by atoms with Crippen molar-refractivity contribution >= 4 is 69.1 Å². The number of carbonyl (C=O) groups is 1. The Kier molecular flexibility index (Phi) is 5.92. The van der Waals surface area contributed by atoms with Crippen LogP contribution in [-0.4, -0.2) is 14.7 Å². The summed E-state index contributed by atoms with van der Waals surface area (Å²) in [5.41, 5.74) is 3.59. The summed E-state index contributed by atoms with van der Waals surface area (Å²) in [7, 11) is 0. The van der Waals surface area contributed by atoms with Gasteiger partial charge in [0.1, 0.15) is 5.52 Å². The van der Waals surface area contributed by atoms with Crippen LogP contribution >= 0.6 is 46.4 Å². The van der Waals surface area contributed by atoms with Crippen LogP contribution in [0.4, 0.5) is 5.69 Å². The second kappa shape index (κ2) is 7.88. The summed E-state index contributed by atoms with van der Waals surface area (Å²) in [6.07, 6.45) is 1.04. The molecule has 1 N–H and O–H groups in total. The van der Waals surface area contributed by atoms with Crippen molar-refractivity contribution in [3.8, 4) is 11.5 Å². The molecule has 0 aliphatic rings. The lowest BCUT2D eigenvalue weighted by Crippen LogP contribution is -2.27. The quantitative estimate of drug-likeness (QED) is 0.441. The van der Waals surface area contributed by atoms with E-state index in [-0.39, 0.29) is 0 Å². The van der Waals surface area contributed by atoms with E-state index >= 15 is 0 Å². The first-order chi connectivity index (χ1) is 12.7. The Morgan fingerprint density at radius 1 is 1.22 bits per heavy atom. The molecule has 3 rings (SSSR count). The molecule has 3 aromatic rings. The number of anilines is 1. The number of fused-ring (bicyclic) bond motifs is 1. The third-order valence-electron chi connectivity index (χ3n) is 4.31. The van der Waals surface area contributed by atoms with E-state index in [1.165, 1.54) is 5.56 Å². The van der Waals surface area contributed by atoms with Crippen molar-refractivity contribution in [2.75, 3.05) is 5.32 Å². The first-order valence-corrected chi connectivity index (χ1v) is 9.78. The van der Waals surface area contributed by atoms with Crippen molar-refractivity contribution in [2.24, 2.45) is 0 Å². The van der Waals surface area contributed by atoms with Gasteiger partial charge in [0.2, 0.25) is 5.89 Å². The van der Waals surface area contributed by atoms with Gasteiger partial charge in [-0.1, -0.05) is 66.3 Å². The maximum atomic E-state index is 11.9. The molecule has 4 nitrogen and oxygen atoms in total. The predicted octanol–water partition coefficient (Wildman–Crippen LogP) is 6.97. The number of amides is 1. The van der Waals surface area contributed by atoms with Crippen molar-refractivity contribution in [3.05, 3.63) is 47.0 Å². The van der Waals surface area contributed by atoms with E-state index in [4.69, 9.17) is 50.8 Å². The Balaban J connectivity index is 1.96. The first kappa shape index (κ1) is 20.3. The number of rotatable bonds is 4. The zero-order valence-corrected chi connectivity index (χ0v) is 17.5. The first-order valence-electron chi connectivity index (χ1n) is 8.27. The van der Waals surface area contributed by atoms with Gasteiger partial charge in [-0.2, -0.15) is 0 Å². The molecular weight excluding hydrogens is 430 g/mol. The zero-order chi connectivity index (χ0) is 19.8. The van der Waals surface area contributed by atoms with Gasteiger partial charge >= 0.3 is 0 Å². The number of hydrogen-bond acceptors (Lipinski definition) is 3. The summed E-state index contributed by atoms with van der Waals surface area (Å²) in [5.74, 6) is 0.0449. The molecule has 1 amide bonds. The van der Waals surface area contributed by atoms with Crippen LogP contribution in [-0.2, 0) is 4.79 Å². The molecule has 0 unspecified atom stereocenters. The van der Waals surface area contributed by atoms with Gasteiger partial charge in [-0.15, -0.1) is 0 Å². The van der Waals surface area contributed by atoms with E-state index in [1.54, 1.807) is 18.2 Å². The highest BCUT2D eigenvalue weighted by Gasteiger charge is 2.31. The molecule has 0 saturated carbocycles. The minimum Gasteiger partial charge on any atom is -0.436 e. The second-order valence-corrected chi connectivity index (χ2v) is 8.89. The van der Waals surface area contributed by atoms with Crippen molar-refractivity contribution in [1.29, 1.82) is 0 Å². The standard InChI is InChI=1S/C19H16Cl4N2O2/c1-3-10(2)11-5-7-16-15(8-11)24-17(27-16)12-4-6-13(20)14(9-12)25-18(26)19(21,22)23/h4-10H,3H2,1-2H3,(H,25,26)/t10-/m1/s1. The van der Waals surface area contributed by atoms with Gasteiger partial charge in [-0.05, 0) is 48.2 Å². The largest absolute Gasteiger partial charge is 0.436 e. The fourth-order valence-corrected chi connectivity index (χ4v) is 2.86. The molecular formula is C19H16Cl4N2O2. The number of nitrogens with zero attached hydrogens (tertiary/aromatic N) is 1. The molecule has 0 bridgehead atoms. The second-order valence-electron chi connectivity index (χ2n) is 6.20. The monoisotopic (exact) mass is 444 g/mol. The number of halogens is 4. The summed E-state index contributed by atoms with van der Waals surface area (Å²) >= 11 is 22.9. The Bertz CT molecular complexity index is 995. The van der Waals surface area contributed by atoms with Crippen molar-refractivity contribution in [1.82, 2.24) is 4.98 Å². The van der Waals surface area contributed by atoms with E-state index in [0.717, 1.165) is 11.9 Å². The lowest BCUT2D eigenvalue weighted by Gasteiger charge is -2.13. The number of hydrogen-bond donors (Lipinski definition) is 1. The third-order valence-corrected chi connectivity index (χ3v) is 5.16. The number of aromatic nitrogens is 1. The van der Waals surface area contributed by atoms with Gasteiger partial charge in [-0.25, -0.2) is 4.98 Å². The van der Waals surface area contributed by atoms with Gasteiger partial charge in [0, 0.05) is 5.56 Å². The summed E-state index contributed by atoms with van der Waals surface area (Å²) in [6, 6.07) is 11.0. The highest BCUT2D eigenvalue weighted by atomic mass is 35.6. The number of alkyl halides is 3. The molecule has 0 fully saturated rings. The number of carbonyl (C=O) groups excluding carboxylic acids is 1. The molecule has 8 heteroatoms. The van der Waals surface area contributed by atoms with Crippen LogP contribution < -0.4 is 5.32 Å². The molecule has 142 valence electrons. The minimum absolute atomic E-state index is 0.299. The van der Waals surface area contributed by atoms with Crippen LogP contribution in [0, 0.1) is 0 Å². The Morgan fingerprint density at radius 2 is 1.96 bits per heavy atom. The van der Waals surface area contributed by atoms with Gasteiger partial charge < -0.3 is 9.73 Å². The molecule has 0 spiro atoms. The molecule has 1 heterocycles. The molecule has 0 radical (unpaired) electrons. The van der Waals surface area contributed by atoms with Crippen LogP contribution in [0.1, 0.15) is 31.7 Å². The number of nitrogens with one attached hydrogen (secondary N) is 1. The highest BCUT2D eigenvalue weighted by molar-refractivity contribution is 6.76. The van der Waals surface area contributed by atoms with Crippen molar-refractivity contribution in [2.45, 2.75) is 30.0 Å². The van der Waals surface area contributed by atoms with E-state index in [9.17, 15) is 4.79 Å². The lowest BCUT2D eigenvalue weighted by atomic mass is 9.98. The van der Waals surface area contributed by atoms with Crippen LogP contribution in [0.2, 0.25) is 5.02 Å². The molecule has 2 aromatic carbocycles. The smallest absolute Gasteiger partial charge is 0.276 e. The molecule has 1 aromatic heterocycles. The Hall–Kier alpha value is -1.46. The SMILES string of the molecule is CC[C@@H](C)c1ccc2oc(-c3ccc(Cl)c(NC(=O)C(Cl)(Cl)Cl)c3)nc2c1. The summed E-state index contributed by atoms with van der Waals surface area (Å²) < 4.78 is 3.75.